The summed E-state index contributed by atoms with van der Waals surface area (Å²) in [7, 11) is -3.61. The second-order valence-electron chi connectivity index (χ2n) is 6.59. The molecule has 0 amide bonds. The third-order valence-corrected chi connectivity index (χ3v) is 6.87. The number of aryl methyl sites for hydroxylation is 1. The average Bonchev–Trinajstić information content (AvgIpc) is 2.99. The van der Waals surface area contributed by atoms with E-state index < -0.39 is 10.0 Å². The van der Waals surface area contributed by atoms with Crippen molar-refractivity contribution in [3.8, 4) is 5.69 Å². The molecule has 1 aromatic heterocycles. The van der Waals surface area contributed by atoms with Crippen molar-refractivity contribution in [2.75, 3.05) is 6.54 Å². The number of aromatic amines is 1. The average molecular weight is 404 g/mol. The number of hydrogen-bond acceptors (Lipinski definition) is 3. The summed E-state index contributed by atoms with van der Waals surface area (Å²) >= 11 is 5.91. The lowest BCUT2D eigenvalue weighted by Gasteiger charge is -2.25. The normalized spacial score (nSPS) is 14.9. The van der Waals surface area contributed by atoms with Gasteiger partial charge in [0.25, 0.3) is 5.56 Å². The third kappa shape index (κ3) is 3.22. The number of benzene rings is 2. The second kappa shape index (κ2) is 6.67. The minimum atomic E-state index is -3.61. The first-order valence-corrected chi connectivity index (χ1v) is 10.3. The molecule has 3 aromatic rings. The number of nitrogens with zero attached hydrogens (tertiary/aromatic N) is 2. The Hall–Kier alpha value is -2.35. The van der Waals surface area contributed by atoms with Crippen molar-refractivity contribution in [2.45, 2.75) is 24.8 Å². The molecule has 0 unspecified atom stereocenters. The Balaban J connectivity index is 1.67. The highest BCUT2D eigenvalue weighted by Gasteiger charge is 2.31. The fraction of sp³-hybridized carbons (Fsp3) is 0.211. The number of halogens is 1. The molecule has 0 radical (unpaired) electrons. The van der Waals surface area contributed by atoms with Crippen molar-refractivity contribution < 1.29 is 8.42 Å². The predicted octanol–water partition coefficient (Wildman–Crippen LogP) is 2.87. The number of H-pyrrole nitrogens is 1. The third-order valence-electron chi connectivity index (χ3n) is 4.76. The molecule has 2 aromatic carbocycles. The molecule has 6 nitrogen and oxygen atoms in total. The van der Waals surface area contributed by atoms with Gasteiger partial charge >= 0.3 is 0 Å². The topological polar surface area (TPSA) is 75.2 Å². The van der Waals surface area contributed by atoms with Crippen molar-refractivity contribution in [2.24, 2.45) is 0 Å². The molecule has 27 heavy (non-hydrogen) atoms. The van der Waals surface area contributed by atoms with Crippen LogP contribution in [0.4, 0.5) is 0 Å². The molecular weight excluding hydrogens is 386 g/mol. The van der Waals surface area contributed by atoms with Crippen molar-refractivity contribution in [1.82, 2.24) is 14.1 Å². The van der Waals surface area contributed by atoms with Gasteiger partial charge in [-0.25, -0.2) is 13.1 Å². The van der Waals surface area contributed by atoms with Gasteiger partial charge in [-0.05, 0) is 49.7 Å². The van der Waals surface area contributed by atoms with Gasteiger partial charge in [0, 0.05) is 17.1 Å². The van der Waals surface area contributed by atoms with Crippen LogP contribution >= 0.6 is 11.6 Å². The zero-order valence-electron chi connectivity index (χ0n) is 14.6. The van der Waals surface area contributed by atoms with E-state index in [1.165, 1.54) is 8.99 Å². The van der Waals surface area contributed by atoms with Gasteiger partial charge in [0.1, 0.15) is 0 Å². The summed E-state index contributed by atoms with van der Waals surface area (Å²) in [5.74, 6) is 0. The maximum absolute atomic E-state index is 12.9. The molecule has 2 heterocycles. The molecule has 0 bridgehead atoms. The second-order valence-corrected chi connectivity index (χ2v) is 8.96. The minimum absolute atomic E-state index is 0.140. The maximum atomic E-state index is 12.9. The van der Waals surface area contributed by atoms with Crippen LogP contribution in [0.25, 0.3) is 5.69 Å². The first-order chi connectivity index (χ1) is 12.9. The summed E-state index contributed by atoms with van der Waals surface area (Å²) in [4.78, 5) is 13.0. The number of hydrogen-bond donors (Lipinski definition) is 1. The molecular formula is C19H18ClN3O3S. The zero-order valence-corrected chi connectivity index (χ0v) is 16.2. The van der Waals surface area contributed by atoms with E-state index in [4.69, 9.17) is 11.6 Å². The van der Waals surface area contributed by atoms with Crippen LogP contribution in [0, 0.1) is 6.92 Å². The fourth-order valence-electron chi connectivity index (χ4n) is 3.23. The lowest BCUT2D eigenvalue weighted by atomic mass is 10.1. The number of rotatable bonds is 3. The van der Waals surface area contributed by atoms with Gasteiger partial charge in [-0.15, -0.1) is 0 Å². The summed E-state index contributed by atoms with van der Waals surface area (Å²) < 4.78 is 28.7. The lowest BCUT2D eigenvalue weighted by molar-refractivity contribution is 0.386. The van der Waals surface area contributed by atoms with Crippen molar-refractivity contribution in [3.05, 3.63) is 80.7 Å². The summed E-state index contributed by atoms with van der Waals surface area (Å²) in [6.45, 7) is 2.33. The van der Waals surface area contributed by atoms with Crippen molar-refractivity contribution in [3.63, 3.8) is 0 Å². The molecule has 1 aliphatic heterocycles. The number of aromatic nitrogens is 2. The Kier molecular flexibility index (Phi) is 4.46. The van der Waals surface area contributed by atoms with E-state index in [1.54, 1.807) is 48.5 Å². The van der Waals surface area contributed by atoms with Crippen LogP contribution < -0.4 is 5.56 Å². The van der Waals surface area contributed by atoms with Crippen LogP contribution in [0.5, 0.6) is 0 Å². The largest absolute Gasteiger partial charge is 0.293 e. The van der Waals surface area contributed by atoms with Crippen LogP contribution in [-0.4, -0.2) is 29.0 Å². The summed E-state index contributed by atoms with van der Waals surface area (Å²) in [5, 5.41) is 3.64. The van der Waals surface area contributed by atoms with Crippen LogP contribution in [0.2, 0.25) is 5.02 Å². The molecule has 140 valence electrons. The fourth-order valence-corrected chi connectivity index (χ4v) is 4.77. The van der Waals surface area contributed by atoms with Gasteiger partial charge in [-0.2, -0.15) is 4.31 Å². The van der Waals surface area contributed by atoms with Gasteiger partial charge in [0.05, 0.1) is 22.8 Å². The number of nitrogens with one attached hydrogen (secondary N) is 1. The van der Waals surface area contributed by atoms with E-state index >= 15 is 0 Å². The Bertz CT molecular complexity index is 1150. The van der Waals surface area contributed by atoms with E-state index in [-0.39, 0.29) is 23.5 Å². The standard InChI is InChI=1S/C19H18ClN3O3S/c1-13-2-8-16(9-3-13)27(25,26)22-11-10-17-18(12-22)21-23(19(17)24)15-6-4-14(20)5-7-15/h2-9,21H,10-12H2,1H3. The first kappa shape index (κ1) is 18.0. The molecule has 0 aliphatic carbocycles. The molecule has 0 saturated carbocycles. The van der Waals surface area contributed by atoms with Crippen LogP contribution in [-0.2, 0) is 23.0 Å². The SMILES string of the molecule is Cc1ccc(S(=O)(=O)N2CCc3c([nH]n(-c4ccc(Cl)cc4)c3=O)C2)cc1. The molecule has 0 atom stereocenters. The van der Waals surface area contributed by atoms with Crippen LogP contribution in [0.1, 0.15) is 16.8 Å². The highest BCUT2D eigenvalue weighted by atomic mass is 35.5. The number of fused-ring (bicyclic) bond motifs is 1. The molecule has 0 fully saturated rings. The van der Waals surface area contributed by atoms with Gasteiger partial charge in [0.15, 0.2) is 0 Å². The highest BCUT2D eigenvalue weighted by Crippen LogP contribution is 2.23. The zero-order chi connectivity index (χ0) is 19.2. The molecule has 8 heteroatoms. The Morgan fingerprint density at radius 1 is 1.04 bits per heavy atom. The Morgan fingerprint density at radius 3 is 2.37 bits per heavy atom. The quantitative estimate of drug-likeness (QED) is 0.730. The predicted molar refractivity (Wildman–Crippen MR) is 104 cm³/mol. The monoisotopic (exact) mass is 403 g/mol. The number of sulfonamides is 1. The molecule has 1 aliphatic rings. The van der Waals surface area contributed by atoms with E-state index in [1.807, 2.05) is 6.92 Å². The van der Waals surface area contributed by atoms with Crippen LogP contribution in [0.3, 0.4) is 0 Å². The molecule has 0 spiro atoms. The van der Waals surface area contributed by atoms with Gasteiger partial charge in [-0.3, -0.25) is 9.89 Å². The highest BCUT2D eigenvalue weighted by molar-refractivity contribution is 7.89. The van der Waals surface area contributed by atoms with Gasteiger partial charge < -0.3 is 0 Å². The van der Waals surface area contributed by atoms with Crippen molar-refractivity contribution in [1.29, 1.82) is 0 Å². The Labute approximate surface area is 162 Å². The smallest absolute Gasteiger partial charge is 0.274 e. The lowest BCUT2D eigenvalue weighted by Crippen LogP contribution is -2.37. The van der Waals surface area contributed by atoms with Crippen molar-refractivity contribution >= 4 is 21.6 Å². The van der Waals surface area contributed by atoms with E-state index in [0.29, 0.717) is 28.4 Å². The van der Waals surface area contributed by atoms with Gasteiger partial charge in [-0.1, -0.05) is 29.3 Å². The minimum Gasteiger partial charge on any atom is -0.293 e. The van der Waals surface area contributed by atoms with E-state index in [2.05, 4.69) is 5.10 Å². The maximum Gasteiger partial charge on any atom is 0.274 e. The summed E-state index contributed by atoms with van der Waals surface area (Å²) in [5.41, 5.74) is 2.75. The van der Waals surface area contributed by atoms with E-state index in [9.17, 15) is 13.2 Å². The summed E-state index contributed by atoms with van der Waals surface area (Å²) in [6.07, 6.45) is 0.371. The molecule has 1 N–H and O–H groups in total. The van der Waals surface area contributed by atoms with Gasteiger partial charge in [0.2, 0.25) is 10.0 Å². The first-order valence-electron chi connectivity index (χ1n) is 8.52. The summed E-state index contributed by atoms with van der Waals surface area (Å²) in [6, 6.07) is 13.7. The van der Waals surface area contributed by atoms with Crippen LogP contribution in [0.15, 0.2) is 58.2 Å². The Morgan fingerprint density at radius 2 is 1.70 bits per heavy atom. The van der Waals surface area contributed by atoms with E-state index in [0.717, 1.165) is 5.56 Å². The molecule has 0 saturated heterocycles. The molecule has 4 rings (SSSR count).